The fraction of sp³-hybridized carbons (Fsp3) is 0.895. The Morgan fingerprint density at radius 2 is 1.76 bits per heavy atom. The summed E-state index contributed by atoms with van der Waals surface area (Å²) in [5.74, 6) is 0.446. The summed E-state index contributed by atoms with van der Waals surface area (Å²) < 4.78 is 10.6. The first-order valence-electron chi connectivity index (χ1n) is 9.61. The molecule has 0 bridgehead atoms. The molecule has 1 aliphatic rings. The molecule has 0 aromatic rings. The molecule has 146 valence electrons. The average molecular weight is 357 g/mol. The summed E-state index contributed by atoms with van der Waals surface area (Å²) in [6.45, 7) is 13.5. The molecule has 0 aromatic carbocycles. The second kappa shape index (κ2) is 10.6. The number of nitrogens with one attached hydrogen (secondary N) is 1. The van der Waals surface area contributed by atoms with Crippen LogP contribution in [-0.4, -0.2) is 55.3 Å². The van der Waals surface area contributed by atoms with Gasteiger partial charge in [-0.05, 0) is 65.5 Å². The van der Waals surface area contributed by atoms with Gasteiger partial charge in [0, 0.05) is 13.1 Å². The normalized spacial score (nSPS) is 16.7. The number of esters is 1. The summed E-state index contributed by atoms with van der Waals surface area (Å²) in [4.78, 5) is 25.9. The minimum absolute atomic E-state index is 0.0321. The number of hydrogen-bond donors (Lipinski definition) is 1. The summed E-state index contributed by atoms with van der Waals surface area (Å²) in [5, 5.41) is 2.86. The maximum atomic E-state index is 11.9. The third-order valence-corrected chi connectivity index (χ3v) is 4.61. The van der Waals surface area contributed by atoms with Gasteiger partial charge in [0.2, 0.25) is 0 Å². The molecular formula is C19H36N2O4. The van der Waals surface area contributed by atoms with Crippen molar-refractivity contribution in [1.29, 1.82) is 0 Å². The summed E-state index contributed by atoms with van der Waals surface area (Å²) in [6.07, 6.45) is 3.41. The van der Waals surface area contributed by atoms with Crippen LogP contribution < -0.4 is 5.32 Å². The van der Waals surface area contributed by atoms with E-state index in [1.165, 1.54) is 0 Å². The lowest BCUT2D eigenvalue weighted by atomic mass is 9.97. The number of piperidine rings is 1. The standard InChI is InChI=1S/C19H36N2O4/c1-6-16(7-2)17(22)24-13-12-21-10-8-15(9-11-21)14-20-18(23)25-19(3,4)5/h15-16H,6-14H2,1-5H3,(H,20,23). The molecule has 0 aromatic heterocycles. The zero-order valence-corrected chi connectivity index (χ0v) is 16.6. The van der Waals surface area contributed by atoms with Crippen molar-refractivity contribution in [2.45, 2.75) is 65.9 Å². The molecule has 0 radical (unpaired) electrons. The van der Waals surface area contributed by atoms with Crippen molar-refractivity contribution in [3.05, 3.63) is 0 Å². The molecule has 1 amide bonds. The molecule has 1 N–H and O–H groups in total. The lowest BCUT2D eigenvalue weighted by Gasteiger charge is -2.32. The predicted molar refractivity (Wildman–Crippen MR) is 98.4 cm³/mol. The van der Waals surface area contributed by atoms with Crippen LogP contribution in [0.3, 0.4) is 0 Å². The summed E-state index contributed by atoms with van der Waals surface area (Å²) in [7, 11) is 0. The van der Waals surface area contributed by atoms with E-state index in [2.05, 4.69) is 10.2 Å². The van der Waals surface area contributed by atoms with Gasteiger partial charge in [-0.3, -0.25) is 9.69 Å². The van der Waals surface area contributed by atoms with Crippen molar-refractivity contribution in [3.8, 4) is 0 Å². The van der Waals surface area contributed by atoms with Crippen molar-refractivity contribution in [3.63, 3.8) is 0 Å². The molecule has 0 saturated carbocycles. The number of ether oxygens (including phenoxy) is 2. The van der Waals surface area contributed by atoms with E-state index in [1.807, 2.05) is 34.6 Å². The fourth-order valence-corrected chi connectivity index (χ4v) is 2.97. The van der Waals surface area contributed by atoms with Crippen molar-refractivity contribution >= 4 is 12.1 Å². The fourth-order valence-electron chi connectivity index (χ4n) is 2.97. The number of carbonyl (C=O) groups is 2. The largest absolute Gasteiger partial charge is 0.464 e. The Morgan fingerprint density at radius 3 is 2.28 bits per heavy atom. The number of nitrogens with zero attached hydrogens (tertiary/aromatic N) is 1. The molecule has 6 nitrogen and oxygen atoms in total. The molecule has 1 rings (SSSR count). The van der Waals surface area contributed by atoms with Crippen LogP contribution in [-0.2, 0) is 14.3 Å². The molecule has 6 heteroatoms. The van der Waals surface area contributed by atoms with Crippen molar-refractivity contribution < 1.29 is 19.1 Å². The Morgan fingerprint density at radius 1 is 1.16 bits per heavy atom. The maximum absolute atomic E-state index is 11.9. The van der Waals surface area contributed by atoms with E-state index >= 15 is 0 Å². The molecule has 0 aliphatic carbocycles. The maximum Gasteiger partial charge on any atom is 0.407 e. The number of alkyl carbamates (subject to hydrolysis) is 1. The van der Waals surface area contributed by atoms with Crippen LogP contribution in [0.25, 0.3) is 0 Å². The van der Waals surface area contributed by atoms with Gasteiger partial charge in [0.15, 0.2) is 0 Å². The van der Waals surface area contributed by atoms with Gasteiger partial charge < -0.3 is 14.8 Å². The number of likely N-dealkylation sites (tertiary alicyclic amines) is 1. The SMILES string of the molecule is CCC(CC)C(=O)OCCN1CCC(CNC(=O)OC(C)(C)C)CC1. The Bertz CT molecular complexity index is 408. The molecule has 1 heterocycles. The monoisotopic (exact) mass is 356 g/mol. The molecule has 0 unspecified atom stereocenters. The van der Waals surface area contributed by atoms with E-state index in [0.29, 0.717) is 19.1 Å². The highest BCUT2D eigenvalue weighted by atomic mass is 16.6. The lowest BCUT2D eigenvalue weighted by molar-refractivity contribution is -0.149. The molecule has 0 atom stereocenters. The van der Waals surface area contributed by atoms with Crippen molar-refractivity contribution in [2.24, 2.45) is 11.8 Å². The third-order valence-electron chi connectivity index (χ3n) is 4.61. The first kappa shape index (κ1) is 21.7. The van der Waals surface area contributed by atoms with Crippen molar-refractivity contribution in [1.82, 2.24) is 10.2 Å². The highest BCUT2D eigenvalue weighted by Crippen LogP contribution is 2.17. The molecule has 1 saturated heterocycles. The predicted octanol–water partition coefficient (Wildman–Crippen LogP) is 3.20. The minimum atomic E-state index is -0.459. The van der Waals surface area contributed by atoms with E-state index in [1.54, 1.807) is 0 Å². The van der Waals surface area contributed by atoms with E-state index < -0.39 is 5.60 Å². The van der Waals surface area contributed by atoms with Gasteiger partial charge in [0.25, 0.3) is 0 Å². The highest BCUT2D eigenvalue weighted by Gasteiger charge is 2.22. The van der Waals surface area contributed by atoms with Gasteiger partial charge in [-0.15, -0.1) is 0 Å². The highest BCUT2D eigenvalue weighted by molar-refractivity contribution is 5.72. The van der Waals surface area contributed by atoms with Crippen molar-refractivity contribution in [2.75, 3.05) is 32.8 Å². The quantitative estimate of drug-likeness (QED) is 0.677. The topological polar surface area (TPSA) is 67.9 Å². The zero-order valence-electron chi connectivity index (χ0n) is 16.6. The van der Waals surface area contributed by atoms with Gasteiger partial charge in [-0.2, -0.15) is 0 Å². The molecule has 25 heavy (non-hydrogen) atoms. The smallest absolute Gasteiger partial charge is 0.407 e. The van der Waals surface area contributed by atoms with Gasteiger partial charge in [0.1, 0.15) is 12.2 Å². The third kappa shape index (κ3) is 9.10. The second-order valence-corrected chi connectivity index (χ2v) is 7.85. The Labute approximate surface area is 152 Å². The summed E-state index contributed by atoms with van der Waals surface area (Å²) >= 11 is 0. The number of amides is 1. The first-order chi connectivity index (χ1) is 11.7. The van der Waals surface area contributed by atoms with Gasteiger partial charge in [-0.25, -0.2) is 4.79 Å². The van der Waals surface area contributed by atoms with E-state index in [0.717, 1.165) is 45.3 Å². The van der Waals surface area contributed by atoms with Crippen LogP contribution in [0, 0.1) is 11.8 Å². The minimum Gasteiger partial charge on any atom is -0.464 e. The Hall–Kier alpha value is -1.30. The Balaban J connectivity index is 2.15. The summed E-state index contributed by atoms with van der Waals surface area (Å²) in [5.41, 5.74) is -0.459. The first-order valence-corrected chi connectivity index (χ1v) is 9.61. The molecule has 1 aliphatic heterocycles. The molecular weight excluding hydrogens is 320 g/mol. The zero-order chi connectivity index (χ0) is 18.9. The van der Waals surface area contributed by atoms with E-state index in [9.17, 15) is 9.59 Å². The van der Waals surface area contributed by atoms with Gasteiger partial charge >= 0.3 is 12.1 Å². The average Bonchev–Trinajstić information content (AvgIpc) is 2.53. The molecule has 1 fully saturated rings. The molecule has 0 spiro atoms. The van der Waals surface area contributed by atoms with Crippen LogP contribution in [0.4, 0.5) is 4.79 Å². The van der Waals surface area contributed by atoms with Crippen LogP contribution >= 0.6 is 0 Å². The summed E-state index contributed by atoms with van der Waals surface area (Å²) in [6, 6.07) is 0. The van der Waals surface area contributed by atoms with Crippen LogP contribution in [0.1, 0.15) is 60.3 Å². The second-order valence-electron chi connectivity index (χ2n) is 7.85. The van der Waals surface area contributed by atoms with Crippen LogP contribution in [0.5, 0.6) is 0 Å². The van der Waals surface area contributed by atoms with E-state index in [4.69, 9.17) is 9.47 Å². The van der Waals surface area contributed by atoms with Gasteiger partial charge in [0.05, 0.1) is 5.92 Å². The number of rotatable bonds is 8. The van der Waals surface area contributed by atoms with Gasteiger partial charge in [-0.1, -0.05) is 13.8 Å². The Kier molecular flexibility index (Phi) is 9.25. The van der Waals surface area contributed by atoms with E-state index in [-0.39, 0.29) is 18.0 Å². The lowest BCUT2D eigenvalue weighted by Crippen LogP contribution is -2.41. The van der Waals surface area contributed by atoms with Crippen LogP contribution in [0.15, 0.2) is 0 Å². The van der Waals surface area contributed by atoms with Crippen LogP contribution in [0.2, 0.25) is 0 Å². The number of hydrogen-bond acceptors (Lipinski definition) is 5. The number of carbonyl (C=O) groups excluding carboxylic acids is 2.